The Morgan fingerprint density at radius 2 is 1.96 bits per heavy atom. The fraction of sp³-hybridized carbons (Fsp3) is 0.500. The summed E-state index contributed by atoms with van der Waals surface area (Å²) >= 11 is 0. The molecule has 1 aliphatic rings. The van der Waals surface area contributed by atoms with Crippen molar-refractivity contribution in [2.24, 2.45) is 5.92 Å². The Hall–Kier alpha value is -2.37. The van der Waals surface area contributed by atoms with Crippen molar-refractivity contribution < 1.29 is 19.5 Å². The van der Waals surface area contributed by atoms with E-state index in [2.05, 4.69) is 5.32 Å². The molecule has 24 heavy (non-hydrogen) atoms. The summed E-state index contributed by atoms with van der Waals surface area (Å²) in [6.07, 6.45) is 1.43. The molecule has 0 aromatic heterocycles. The lowest BCUT2D eigenvalue weighted by Crippen LogP contribution is -2.43. The largest absolute Gasteiger partial charge is 0.481 e. The molecule has 0 spiro atoms. The second-order valence-corrected chi connectivity index (χ2v) is 6.39. The van der Waals surface area contributed by atoms with Gasteiger partial charge in [0, 0.05) is 20.0 Å². The third-order valence-electron chi connectivity index (χ3n) is 4.36. The van der Waals surface area contributed by atoms with E-state index in [1.165, 1.54) is 6.92 Å². The van der Waals surface area contributed by atoms with Gasteiger partial charge in [-0.2, -0.15) is 0 Å². The van der Waals surface area contributed by atoms with Crippen molar-refractivity contribution in [2.45, 2.75) is 39.2 Å². The standard InChI is InChI=1S/C18H24N2O4/c1-12-5-7-14(8-6-12)16(19-13(2)21)10-17(22)20-9-3-4-15(11-20)18(23)24/h5-8,15-16H,3-4,9-11H2,1-2H3,(H,19,21)(H,23,24)/t15-,16-/m0/s1. The van der Waals surface area contributed by atoms with Gasteiger partial charge in [0.15, 0.2) is 0 Å². The van der Waals surface area contributed by atoms with Crippen molar-refractivity contribution >= 4 is 17.8 Å². The number of carboxylic acids is 1. The molecule has 1 aliphatic heterocycles. The number of carboxylic acid groups (broad SMARTS) is 1. The molecule has 1 fully saturated rings. The number of aliphatic carboxylic acids is 1. The van der Waals surface area contributed by atoms with Crippen LogP contribution in [0.5, 0.6) is 0 Å². The predicted octanol–water partition coefficient (Wildman–Crippen LogP) is 1.89. The number of hydrogen-bond donors (Lipinski definition) is 2. The molecule has 0 saturated carbocycles. The minimum Gasteiger partial charge on any atom is -0.481 e. The maximum absolute atomic E-state index is 12.6. The highest BCUT2D eigenvalue weighted by Crippen LogP contribution is 2.22. The van der Waals surface area contributed by atoms with Gasteiger partial charge in [-0.25, -0.2) is 0 Å². The van der Waals surface area contributed by atoms with E-state index < -0.39 is 17.9 Å². The maximum Gasteiger partial charge on any atom is 0.308 e. The summed E-state index contributed by atoms with van der Waals surface area (Å²) in [5, 5.41) is 12.0. The smallest absolute Gasteiger partial charge is 0.308 e. The van der Waals surface area contributed by atoms with Crippen LogP contribution in [0.1, 0.15) is 43.4 Å². The summed E-state index contributed by atoms with van der Waals surface area (Å²) in [4.78, 5) is 36.8. The van der Waals surface area contributed by atoms with Gasteiger partial charge in [0.1, 0.15) is 0 Å². The number of amides is 2. The van der Waals surface area contributed by atoms with Crippen molar-refractivity contribution in [3.05, 3.63) is 35.4 Å². The number of hydrogen-bond acceptors (Lipinski definition) is 3. The average Bonchev–Trinajstić information content (AvgIpc) is 2.54. The molecular formula is C18H24N2O4. The lowest BCUT2D eigenvalue weighted by Gasteiger charge is -2.32. The Morgan fingerprint density at radius 3 is 2.54 bits per heavy atom. The predicted molar refractivity (Wildman–Crippen MR) is 89.3 cm³/mol. The lowest BCUT2D eigenvalue weighted by atomic mass is 9.96. The van der Waals surface area contributed by atoms with Crippen LogP contribution in [0.25, 0.3) is 0 Å². The lowest BCUT2D eigenvalue weighted by molar-refractivity contribution is -0.145. The summed E-state index contributed by atoms with van der Waals surface area (Å²) in [7, 11) is 0. The van der Waals surface area contributed by atoms with E-state index in [0.717, 1.165) is 11.1 Å². The number of aryl methyl sites for hydroxylation is 1. The molecule has 1 aromatic carbocycles. The van der Waals surface area contributed by atoms with E-state index in [1.54, 1.807) is 4.90 Å². The van der Waals surface area contributed by atoms with Gasteiger partial charge >= 0.3 is 5.97 Å². The van der Waals surface area contributed by atoms with Crippen molar-refractivity contribution in [3.8, 4) is 0 Å². The number of nitrogens with one attached hydrogen (secondary N) is 1. The van der Waals surface area contributed by atoms with Gasteiger partial charge in [-0.15, -0.1) is 0 Å². The first-order valence-electron chi connectivity index (χ1n) is 8.21. The zero-order chi connectivity index (χ0) is 17.7. The molecule has 6 nitrogen and oxygen atoms in total. The van der Waals surface area contributed by atoms with E-state index in [-0.39, 0.29) is 24.8 Å². The number of nitrogens with zero attached hydrogens (tertiary/aromatic N) is 1. The molecule has 1 saturated heterocycles. The van der Waals surface area contributed by atoms with Crippen molar-refractivity contribution in [2.75, 3.05) is 13.1 Å². The summed E-state index contributed by atoms with van der Waals surface area (Å²) in [6.45, 7) is 4.22. The number of carbonyl (C=O) groups is 3. The van der Waals surface area contributed by atoms with Gasteiger partial charge in [-0.05, 0) is 25.3 Å². The SMILES string of the molecule is CC(=O)N[C@@H](CC(=O)N1CCC[C@H](C(=O)O)C1)c1ccc(C)cc1. The van der Waals surface area contributed by atoms with E-state index >= 15 is 0 Å². The average molecular weight is 332 g/mol. The molecular weight excluding hydrogens is 308 g/mol. The Labute approximate surface area is 141 Å². The molecule has 0 bridgehead atoms. The van der Waals surface area contributed by atoms with Gasteiger partial charge in [0.25, 0.3) is 0 Å². The number of likely N-dealkylation sites (tertiary alicyclic amines) is 1. The first kappa shape index (κ1) is 18.0. The van der Waals surface area contributed by atoms with E-state index in [4.69, 9.17) is 5.11 Å². The van der Waals surface area contributed by atoms with Crippen LogP contribution in [0.2, 0.25) is 0 Å². The van der Waals surface area contributed by atoms with Crippen molar-refractivity contribution in [1.82, 2.24) is 10.2 Å². The Morgan fingerprint density at radius 1 is 1.29 bits per heavy atom. The van der Waals surface area contributed by atoms with Crippen molar-refractivity contribution in [1.29, 1.82) is 0 Å². The molecule has 0 aliphatic carbocycles. The summed E-state index contributed by atoms with van der Waals surface area (Å²) in [5.41, 5.74) is 1.97. The van der Waals surface area contributed by atoms with E-state index in [1.807, 2.05) is 31.2 Å². The Balaban J connectivity index is 2.08. The monoisotopic (exact) mass is 332 g/mol. The molecule has 2 N–H and O–H groups in total. The van der Waals surface area contributed by atoms with Crippen LogP contribution in [0, 0.1) is 12.8 Å². The molecule has 1 aromatic rings. The summed E-state index contributed by atoms with van der Waals surface area (Å²) in [6, 6.07) is 7.28. The zero-order valence-electron chi connectivity index (χ0n) is 14.1. The van der Waals surface area contributed by atoms with E-state index in [0.29, 0.717) is 19.4 Å². The molecule has 1 heterocycles. The fourth-order valence-corrected chi connectivity index (χ4v) is 3.01. The first-order valence-corrected chi connectivity index (χ1v) is 8.21. The Kier molecular flexibility index (Phi) is 5.95. The first-order chi connectivity index (χ1) is 11.4. The van der Waals surface area contributed by atoms with Gasteiger partial charge < -0.3 is 15.3 Å². The third kappa shape index (κ3) is 4.81. The van der Waals surface area contributed by atoms with Crippen LogP contribution < -0.4 is 5.32 Å². The van der Waals surface area contributed by atoms with Gasteiger partial charge in [0.2, 0.25) is 11.8 Å². The molecule has 2 atom stereocenters. The molecule has 2 amide bonds. The van der Waals surface area contributed by atoms with Crippen LogP contribution in [-0.2, 0) is 14.4 Å². The third-order valence-corrected chi connectivity index (χ3v) is 4.36. The number of benzene rings is 1. The highest BCUT2D eigenvalue weighted by molar-refractivity contribution is 5.80. The quantitative estimate of drug-likeness (QED) is 0.862. The van der Waals surface area contributed by atoms with Crippen molar-refractivity contribution in [3.63, 3.8) is 0 Å². The molecule has 130 valence electrons. The maximum atomic E-state index is 12.6. The zero-order valence-corrected chi connectivity index (χ0v) is 14.1. The number of piperidine rings is 1. The fourth-order valence-electron chi connectivity index (χ4n) is 3.01. The van der Waals surface area contributed by atoms with E-state index in [9.17, 15) is 14.4 Å². The van der Waals surface area contributed by atoms with Crippen LogP contribution >= 0.6 is 0 Å². The normalized spacial score (nSPS) is 18.8. The van der Waals surface area contributed by atoms with Crippen LogP contribution in [0.3, 0.4) is 0 Å². The van der Waals surface area contributed by atoms with Gasteiger partial charge in [-0.3, -0.25) is 14.4 Å². The molecule has 6 heteroatoms. The minimum atomic E-state index is -0.857. The number of rotatable bonds is 5. The van der Waals surface area contributed by atoms with Crippen LogP contribution in [-0.4, -0.2) is 40.9 Å². The Bertz CT molecular complexity index is 612. The summed E-state index contributed by atoms with van der Waals surface area (Å²) < 4.78 is 0. The summed E-state index contributed by atoms with van der Waals surface area (Å²) in [5.74, 6) is -1.68. The topological polar surface area (TPSA) is 86.7 Å². The van der Waals surface area contributed by atoms with Crippen LogP contribution in [0.4, 0.5) is 0 Å². The second kappa shape index (κ2) is 7.95. The minimum absolute atomic E-state index is 0.125. The van der Waals surface area contributed by atoms with Gasteiger partial charge in [0.05, 0.1) is 18.4 Å². The highest BCUT2D eigenvalue weighted by Gasteiger charge is 2.29. The molecule has 2 rings (SSSR count). The number of carbonyl (C=O) groups excluding carboxylic acids is 2. The van der Waals surface area contributed by atoms with Gasteiger partial charge in [-0.1, -0.05) is 29.8 Å². The highest BCUT2D eigenvalue weighted by atomic mass is 16.4. The van der Waals surface area contributed by atoms with Crippen LogP contribution in [0.15, 0.2) is 24.3 Å². The molecule has 0 unspecified atom stereocenters. The second-order valence-electron chi connectivity index (χ2n) is 6.39. The molecule has 0 radical (unpaired) electrons.